The molecule has 0 aromatic carbocycles. The Morgan fingerprint density at radius 2 is 1.79 bits per heavy atom. The molecule has 0 aliphatic carbocycles. The molecule has 0 atom stereocenters. The van der Waals surface area contributed by atoms with Crippen molar-refractivity contribution in [3.05, 3.63) is 23.3 Å². The summed E-state index contributed by atoms with van der Waals surface area (Å²) in [5.74, 6) is 1.86. The molecule has 0 bridgehead atoms. The minimum atomic E-state index is 0.780. The van der Waals surface area contributed by atoms with Crippen molar-refractivity contribution in [1.29, 1.82) is 0 Å². The van der Waals surface area contributed by atoms with Gasteiger partial charge >= 0.3 is 0 Å². The van der Waals surface area contributed by atoms with Crippen LogP contribution in [0.3, 0.4) is 0 Å². The van der Waals surface area contributed by atoms with E-state index in [1.54, 1.807) is 7.11 Å². The lowest BCUT2D eigenvalue weighted by Gasteiger charge is -2.29. The van der Waals surface area contributed by atoms with Crippen molar-refractivity contribution in [2.75, 3.05) is 31.7 Å². The molecule has 2 aromatic rings. The average Bonchev–Trinajstić information content (AvgIpc) is 2.60. The van der Waals surface area contributed by atoms with Gasteiger partial charge in [0.15, 0.2) is 0 Å². The summed E-state index contributed by atoms with van der Waals surface area (Å²) in [7, 11) is 1.74. The third-order valence-corrected chi connectivity index (χ3v) is 3.67. The lowest BCUT2D eigenvalue weighted by Crippen LogP contribution is -2.32. The minimum absolute atomic E-state index is 0.780. The van der Waals surface area contributed by atoms with Crippen molar-refractivity contribution < 1.29 is 4.74 Å². The molecule has 3 rings (SSSR count). The first-order valence-electron chi connectivity index (χ1n) is 9.08. The van der Waals surface area contributed by atoms with Gasteiger partial charge in [-0.3, -0.25) is 4.98 Å². The van der Waals surface area contributed by atoms with Crippen LogP contribution < -0.4 is 4.90 Å². The molecule has 0 fully saturated rings. The Balaban J connectivity index is 0.000000671. The van der Waals surface area contributed by atoms with Crippen molar-refractivity contribution in [1.82, 2.24) is 15.0 Å². The zero-order valence-corrected chi connectivity index (χ0v) is 16.3. The van der Waals surface area contributed by atoms with Crippen LogP contribution in [0.25, 0.3) is 10.9 Å². The summed E-state index contributed by atoms with van der Waals surface area (Å²) >= 11 is 0. The zero-order valence-electron chi connectivity index (χ0n) is 16.3. The fourth-order valence-electron chi connectivity index (χ4n) is 2.83. The smallest absolute Gasteiger partial charge is 0.142 e. The Morgan fingerprint density at radius 1 is 1.08 bits per heavy atom. The van der Waals surface area contributed by atoms with Crippen molar-refractivity contribution in [3.63, 3.8) is 0 Å². The first kappa shape index (κ1) is 20.3. The maximum absolute atomic E-state index is 5.14. The molecule has 3 heterocycles. The second kappa shape index (κ2) is 10.2. The highest BCUT2D eigenvalue weighted by molar-refractivity contribution is 5.93. The topological polar surface area (TPSA) is 51.1 Å². The lowest BCUT2D eigenvalue weighted by molar-refractivity contribution is 0.196. The minimum Gasteiger partial charge on any atom is -0.385 e. The summed E-state index contributed by atoms with van der Waals surface area (Å²) in [4.78, 5) is 16.2. The Kier molecular flexibility index (Phi) is 8.61. The van der Waals surface area contributed by atoms with Crippen LogP contribution >= 0.6 is 0 Å². The summed E-state index contributed by atoms with van der Waals surface area (Å²) < 4.78 is 5.14. The second-order valence-electron chi connectivity index (χ2n) is 5.28. The van der Waals surface area contributed by atoms with Gasteiger partial charge in [0.2, 0.25) is 0 Å². The SMILES string of the molecule is CC.CC.COCCCN1CCc2nc(C)cc3nc(C)nc1c23. The molecule has 0 saturated heterocycles. The number of aryl methyl sites for hydroxylation is 2. The lowest BCUT2D eigenvalue weighted by atomic mass is 10.1. The standard InChI is InChI=1S/C15H20N4O.2C2H6/c1-10-9-13-14-12(16-10)5-7-19(6-4-8-20-3)15(14)18-11(2)17-13;2*1-2/h9H,4-8H2,1-3H3;2*1-2H3. The largest absolute Gasteiger partial charge is 0.385 e. The summed E-state index contributed by atoms with van der Waals surface area (Å²) in [5.41, 5.74) is 3.19. The van der Waals surface area contributed by atoms with E-state index in [4.69, 9.17) is 4.74 Å². The Bertz CT molecular complexity index is 638. The summed E-state index contributed by atoms with van der Waals surface area (Å²) in [6.45, 7) is 14.7. The third-order valence-electron chi connectivity index (χ3n) is 3.67. The number of aromatic nitrogens is 3. The van der Waals surface area contributed by atoms with Gasteiger partial charge in [-0.15, -0.1) is 0 Å². The van der Waals surface area contributed by atoms with E-state index in [-0.39, 0.29) is 0 Å². The molecule has 0 amide bonds. The van der Waals surface area contributed by atoms with Gasteiger partial charge in [0.25, 0.3) is 0 Å². The maximum atomic E-state index is 5.14. The number of ether oxygens (including phenoxy) is 1. The highest BCUT2D eigenvalue weighted by Gasteiger charge is 2.22. The van der Waals surface area contributed by atoms with Gasteiger partial charge in [-0.05, 0) is 26.3 Å². The van der Waals surface area contributed by atoms with Crippen molar-refractivity contribution in [2.24, 2.45) is 0 Å². The first-order valence-corrected chi connectivity index (χ1v) is 9.08. The molecule has 0 N–H and O–H groups in total. The van der Waals surface area contributed by atoms with Crippen LogP contribution in [-0.2, 0) is 11.2 Å². The molecular weight excluding hydrogens is 300 g/mol. The summed E-state index contributed by atoms with van der Waals surface area (Å²) in [6, 6.07) is 2.05. The van der Waals surface area contributed by atoms with E-state index in [0.717, 1.165) is 66.5 Å². The summed E-state index contributed by atoms with van der Waals surface area (Å²) in [6.07, 6.45) is 1.97. The monoisotopic (exact) mass is 332 g/mol. The molecular formula is C19H32N4O. The van der Waals surface area contributed by atoms with Crippen molar-refractivity contribution in [2.45, 2.75) is 54.4 Å². The van der Waals surface area contributed by atoms with Crippen molar-refractivity contribution >= 4 is 16.7 Å². The highest BCUT2D eigenvalue weighted by Crippen LogP contribution is 2.31. The third kappa shape index (κ3) is 4.63. The Hall–Kier alpha value is -1.75. The number of rotatable bonds is 4. The summed E-state index contributed by atoms with van der Waals surface area (Å²) in [5, 5.41) is 1.13. The Labute approximate surface area is 146 Å². The molecule has 5 heteroatoms. The van der Waals surface area contributed by atoms with Gasteiger partial charge in [-0.2, -0.15) is 0 Å². The molecule has 0 saturated carbocycles. The normalized spacial score (nSPS) is 12.2. The molecule has 5 nitrogen and oxygen atoms in total. The van der Waals surface area contributed by atoms with E-state index < -0.39 is 0 Å². The maximum Gasteiger partial charge on any atom is 0.142 e. The van der Waals surface area contributed by atoms with E-state index in [1.165, 1.54) is 0 Å². The Morgan fingerprint density at radius 3 is 2.46 bits per heavy atom. The molecule has 1 aliphatic rings. The van der Waals surface area contributed by atoms with Gasteiger partial charge in [0.1, 0.15) is 11.6 Å². The number of anilines is 1. The highest BCUT2D eigenvalue weighted by atomic mass is 16.5. The van der Waals surface area contributed by atoms with E-state index in [0.29, 0.717) is 0 Å². The van der Waals surface area contributed by atoms with Crippen LogP contribution in [0, 0.1) is 13.8 Å². The molecule has 24 heavy (non-hydrogen) atoms. The predicted octanol–water partition coefficient (Wildman–Crippen LogP) is 4.09. The predicted molar refractivity (Wildman–Crippen MR) is 102 cm³/mol. The molecule has 0 spiro atoms. The molecule has 0 radical (unpaired) electrons. The van der Waals surface area contributed by atoms with Gasteiger partial charge in [0.05, 0.1) is 16.6 Å². The number of pyridine rings is 1. The van der Waals surface area contributed by atoms with Crippen LogP contribution in [0.2, 0.25) is 0 Å². The fraction of sp³-hybridized carbons (Fsp3) is 0.632. The van der Waals surface area contributed by atoms with Gasteiger partial charge < -0.3 is 9.64 Å². The van der Waals surface area contributed by atoms with Crippen LogP contribution in [0.15, 0.2) is 6.07 Å². The molecule has 1 aliphatic heterocycles. The van der Waals surface area contributed by atoms with E-state index >= 15 is 0 Å². The van der Waals surface area contributed by atoms with Crippen LogP contribution in [0.4, 0.5) is 5.82 Å². The van der Waals surface area contributed by atoms with Gasteiger partial charge in [-0.1, -0.05) is 27.7 Å². The molecule has 134 valence electrons. The number of hydrogen-bond donors (Lipinski definition) is 0. The van der Waals surface area contributed by atoms with Crippen LogP contribution in [0.1, 0.15) is 51.3 Å². The number of methoxy groups -OCH3 is 1. The quantitative estimate of drug-likeness (QED) is 0.789. The van der Waals surface area contributed by atoms with E-state index in [2.05, 4.69) is 25.9 Å². The first-order chi connectivity index (χ1) is 11.7. The second-order valence-corrected chi connectivity index (χ2v) is 5.28. The molecule has 2 aromatic heterocycles. The fourth-order valence-corrected chi connectivity index (χ4v) is 2.83. The molecule has 0 unspecified atom stereocenters. The number of hydrogen-bond acceptors (Lipinski definition) is 5. The van der Waals surface area contributed by atoms with Crippen molar-refractivity contribution in [3.8, 4) is 0 Å². The average molecular weight is 332 g/mol. The van der Waals surface area contributed by atoms with E-state index in [9.17, 15) is 0 Å². The van der Waals surface area contributed by atoms with Crippen LogP contribution in [0.5, 0.6) is 0 Å². The van der Waals surface area contributed by atoms with Crippen LogP contribution in [-0.4, -0.2) is 41.8 Å². The van der Waals surface area contributed by atoms with E-state index in [1.807, 2.05) is 41.5 Å². The van der Waals surface area contributed by atoms with Gasteiger partial charge in [-0.25, -0.2) is 9.97 Å². The van der Waals surface area contributed by atoms with Gasteiger partial charge in [0, 0.05) is 38.9 Å². The number of nitrogens with zero attached hydrogens (tertiary/aromatic N) is 4. The zero-order chi connectivity index (χ0) is 18.1.